The van der Waals surface area contributed by atoms with Crippen molar-refractivity contribution in [3.05, 3.63) is 0 Å². The third kappa shape index (κ3) is 5.20. The van der Waals surface area contributed by atoms with Gasteiger partial charge in [0, 0.05) is 6.61 Å². The van der Waals surface area contributed by atoms with Gasteiger partial charge in [-0.1, -0.05) is 39.0 Å². The lowest BCUT2D eigenvalue weighted by Gasteiger charge is -2.34. The molecule has 0 radical (unpaired) electrons. The van der Waals surface area contributed by atoms with Crippen LogP contribution in [0, 0.1) is 0 Å². The largest absolute Gasteiger partial charge is 0.388 e. The minimum Gasteiger partial charge on any atom is -0.388 e. The van der Waals surface area contributed by atoms with Crippen LogP contribution in [0.5, 0.6) is 0 Å². The first-order chi connectivity index (χ1) is 8.66. The molecule has 3 N–H and O–H groups in total. The van der Waals surface area contributed by atoms with Gasteiger partial charge >= 0.3 is 0 Å². The van der Waals surface area contributed by atoms with E-state index in [0.717, 1.165) is 12.8 Å². The summed E-state index contributed by atoms with van der Waals surface area (Å²) >= 11 is 0. The lowest BCUT2D eigenvalue weighted by molar-refractivity contribution is -0.270. The van der Waals surface area contributed by atoms with E-state index in [4.69, 9.17) is 9.47 Å². The fourth-order valence-electron chi connectivity index (χ4n) is 2.01. The summed E-state index contributed by atoms with van der Waals surface area (Å²) in [4.78, 5) is 0. The minimum absolute atomic E-state index is 0.000602. The van der Waals surface area contributed by atoms with E-state index in [0.29, 0.717) is 6.61 Å². The van der Waals surface area contributed by atoms with Crippen molar-refractivity contribution >= 4 is 0 Å². The first kappa shape index (κ1) is 15.9. The number of aliphatic hydroxyl groups is 3. The molecule has 0 spiro atoms. The Morgan fingerprint density at radius 1 is 1.00 bits per heavy atom. The van der Waals surface area contributed by atoms with Gasteiger partial charge in [-0.05, 0) is 6.42 Å². The zero-order valence-electron chi connectivity index (χ0n) is 11.1. The van der Waals surface area contributed by atoms with Crippen LogP contribution in [0.4, 0.5) is 0 Å². The number of rotatable bonds is 8. The maximum absolute atomic E-state index is 9.62. The molecule has 0 aromatic rings. The summed E-state index contributed by atoms with van der Waals surface area (Å²) in [6, 6.07) is 0. The van der Waals surface area contributed by atoms with E-state index in [1.165, 1.54) is 25.7 Å². The van der Waals surface area contributed by atoms with Crippen molar-refractivity contribution in [1.82, 2.24) is 0 Å². The molecule has 1 aliphatic rings. The number of ether oxygens (including phenoxy) is 2. The average molecular weight is 262 g/mol. The van der Waals surface area contributed by atoms with Crippen LogP contribution in [-0.2, 0) is 9.47 Å². The molecule has 1 fully saturated rings. The lowest BCUT2D eigenvalue weighted by atomic mass is 10.1. The maximum Gasteiger partial charge on any atom is 0.186 e. The van der Waals surface area contributed by atoms with Crippen LogP contribution < -0.4 is 0 Å². The van der Waals surface area contributed by atoms with Crippen molar-refractivity contribution in [3.8, 4) is 0 Å². The van der Waals surface area contributed by atoms with Crippen LogP contribution in [-0.4, -0.2) is 53.1 Å². The van der Waals surface area contributed by atoms with Crippen molar-refractivity contribution in [2.75, 3.05) is 13.2 Å². The summed E-state index contributed by atoms with van der Waals surface area (Å²) in [6.07, 6.45) is 2.78. The highest BCUT2D eigenvalue weighted by atomic mass is 16.7. The van der Waals surface area contributed by atoms with Crippen LogP contribution in [0.1, 0.15) is 45.4 Å². The number of hydrogen-bond acceptors (Lipinski definition) is 5. The average Bonchev–Trinajstić information content (AvgIpc) is 2.37. The Balaban J connectivity index is 2.05. The number of aliphatic hydroxyl groups excluding tert-OH is 3. The quantitative estimate of drug-likeness (QED) is 0.564. The Bertz CT molecular complexity index is 212. The van der Waals surface area contributed by atoms with E-state index < -0.39 is 24.6 Å². The SMILES string of the molecule is CCCCCCCCOC1OC[C@@H](O)[C@H](O)[C@H]1O. The van der Waals surface area contributed by atoms with E-state index >= 15 is 0 Å². The molecule has 0 bridgehead atoms. The number of unbranched alkanes of at least 4 members (excludes halogenated alkanes) is 5. The standard InChI is InChI=1S/C13H26O5/c1-2-3-4-5-6-7-8-17-13-12(16)11(15)10(14)9-18-13/h10-16H,2-9H2,1H3/t10-,11+,12-,13?/m1/s1. The van der Waals surface area contributed by atoms with E-state index in [1.54, 1.807) is 0 Å². The molecule has 0 aromatic heterocycles. The van der Waals surface area contributed by atoms with Crippen LogP contribution in [0.15, 0.2) is 0 Å². The van der Waals surface area contributed by atoms with Crippen LogP contribution >= 0.6 is 0 Å². The van der Waals surface area contributed by atoms with E-state index in [9.17, 15) is 15.3 Å². The normalized spacial score (nSPS) is 32.7. The molecule has 0 amide bonds. The van der Waals surface area contributed by atoms with Crippen molar-refractivity contribution in [2.24, 2.45) is 0 Å². The van der Waals surface area contributed by atoms with Crippen molar-refractivity contribution in [1.29, 1.82) is 0 Å². The second-order valence-electron chi connectivity index (χ2n) is 4.89. The highest BCUT2D eigenvalue weighted by Crippen LogP contribution is 2.17. The monoisotopic (exact) mass is 262 g/mol. The molecule has 1 heterocycles. The zero-order valence-corrected chi connectivity index (χ0v) is 11.1. The van der Waals surface area contributed by atoms with Gasteiger partial charge in [0.2, 0.25) is 0 Å². The first-order valence-corrected chi connectivity index (χ1v) is 6.94. The van der Waals surface area contributed by atoms with Crippen LogP contribution in [0.2, 0.25) is 0 Å². The van der Waals surface area contributed by atoms with Crippen molar-refractivity contribution in [3.63, 3.8) is 0 Å². The Hall–Kier alpha value is -0.200. The molecule has 1 rings (SSSR count). The van der Waals surface area contributed by atoms with Gasteiger partial charge in [-0.25, -0.2) is 0 Å². The summed E-state index contributed by atoms with van der Waals surface area (Å²) in [5.74, 6) is 0. The predicted molar refractivity (Wildman–Crippen MR) is 67.1 cm³/mol. The van der Waals surface area contributed by atoms with E-state index in [2.05, 4.69) is 6.92 Å². The fourth-order valence-corrected chi connectivity index (χ4v) is 2.01. The first-order valence-electron chi connectivity index (χ1n) is 6.94. The highest BCUT2D eigenvalue weighted by Gasteiger charge is 2.37. The second-order valence-corrected chi connectivity index (χ2v) is 4.89. The van der Waals surface area contributed by atoms with Crippen molar-refractivity contribution in [2.45, 2.75) is 70.1 Å². The Morgan fingerprint density at radius 3 is 2.39 bits per heavy atom. The van der Waals surface area contributed by atoms with Crippen molar-refractivity contribution < 1.29 is 24.8 Å². The molecule has 108 valence electrons. The molecule has 18 heavy (non-hydrogen) atoms. The molecule has 0 saturated carbocycles. The third-order valence-corrected chi connectivity index (χ3v) is 3.23. The van der Waals surface area contributed by atoms with E-state index in [-0.39, 0.29) is 6.61 Å². The van der Waals surface area contributed by atoms with Crippen LogP contribution in [0.25, 0.3) is 0 Å². The highest BCUT2D eigenvalue weighted by molar-refractivity contribution is 4.82. The van der Waals surface area contributed by atoms with Gasteiger partial charge in [0.1, 0.15) is 18.3 Å². The van der Waals surface area contributed by atoms with Gasteiger partial charge in [0.15, 0.2) is 6.29 Å². The van der Waals surface area contributed by atoms with E-state index in [1.807, 2.05) is 0 Å². The summed E-state index contributed by atoms with van der Waals surface area (Å²) in [6.45, 7) is 2.70. The molecule has 4 atom stereocenters. The third-order valence-electron chi connectivity index (χ3n) is 3.23. The van der Waals surface area contributed by atoms with Gasteiger partial charge in [-0.15, -0.1) is 0 Å². The molecular weight excluding hydrogens is 236 g/mol. The summed E-state index contributed by atoms with van der Waals surface area (Å²) in [7, 11) is 0. The van der Waals surface area contributed by atoms with Gasteiger partial charge in [0.25, 0.3) is 0 Å². The topological polar surface area (TPSA) is 79.2 Å². The van der Waals surface area contributed by atoms with Gasteiger partial charge < -0.3 is 24.8 Å². The van der Waals surface area contributed by atoms with Gasteiger partial charge in [-0.2, -0.15) is 0 Å². The van der Waals surface area contributed by atoms with Gasteiger partial charge in [-0.3, -0.25) is 0 Å². The van der Waals surface area contributed by atoms with Crippen LogP contribution in [0.3, 0.4) is 0 Å². The minimum atomic E-state index is -1.19. The Morgan fingerprint density at radius 2 is 1.67 bits per heavy atom. The Labute approximate surface area is 109 Å². The molecule has 0 aromatic carbocycles. The Kier molecular flexibility index (Phi) is 7.77. The molecule has 5 nitrogen and oxygen atoms in total. The molecule has 1 unspecified atom stereocenters. The summed E-state index contributed by atoms with van der Waals surface area (Å²) in [5, 5.41) is 28.3. The number of hydrogen-bond donors (Lipinski definition) is 3. The smallest absolute Gasteiger partial charge is 0.186 e. The summed E-state index contributed by atoms with van der Waals surface area (Å²) in [5.41, 5.74) is 0. The molecule has 1 saturated heterocycles. The molecule has 5 heteroatoms. The lowest BCUT2D eigenvalue weighted by Crippen LogP contribution is -2.53. The van der Waals surface area contributed by atoms with Gasteiger partial charge in [0.05, 0.1) is 6.61 Å². The predicted octanol–water partition coefficient (Wildman–Crippen LogP) is 0.802. The maximum atomic E-state index is 9.62. The second kappa shape index (κ2) is 8.82. The molecular formula is C13H26O5. The summed E-state index contributed by atoms with van der Waals surface area (Å²) < 4.78 is 10.5. The molecule has 0 aliphatic carbocycles. The molecule has 1 aliphatic heterocycles. The zero-order chi connectivity index (χ0) is 13.4. The fraction of sp³-hybridized carbons (Fsp3) is 1.00.